The van der Waals surface area contributed by atoms with Gasteiger partial charge in [0.05, 0.1) is 22.0 Å². The van der Waals surface area contributed by atoms with Gasteiger partial charge < -0.3 is 9.80 Å². The van der Waals surface area contributed by atoms with Crippen molar-refractivity contribution in [3.63, 3.8) is 0 Å². The standard InChI is InChI=1S/C18H20ClN5OS/c1-11-6-14(19)7-15-16(11)21-18(26-15)23-4-5-24(12(2)9-23)17(25)13-8-20-22(3)10-13/h6-8,10,12H,4-5,9H2,1-3H3. The van der Waals surface area contributed by atoms with E-state index >= 15 is 0 Å². The molecule has 136 valence electrons. The van der Waals surface area contributed by atoms with Gasteiger partial charge in [-0.25, -0.2) is 4.98 Å². The second-order valence-corrected chi connectivity index (χ2v) is 8.21. The number of fused-ring (bicyclic) bond motifs is 1. The summed E-state index contributed by atoms with van der Waals surface area (Å²) >= 11 is 7.83. The van der Waals surface area contributed by atoms with E-state index in [9.17, 15) is 4.79 Å². The summed E-state index contributed by atoms with van der Waals surface area (Å²) in [6.07, 6.45) is 3.39. The van der Waals surface area contributed by atoms with Gasteiger partial charge in [-0.15, -0.1) is 0 Å². The van der Waals surface area contributed by atoms with Crippen molar-refractivity contribution in [3.8, 4) is 0 Å². The molecular weight excluding hydrogens is 370 g/mol. The molecule has 1 aromatic carbocycles. The van der Waals surface area contributed by atoms with Crippen molar-refractivity contribution in [3.05, 3.63) is 40.7 Å². The van der Waals surface area contributed by atoms with Crippen LogP contribution in [0.3, 0.4) is 0 Å². The van der Waals surface area contributed by atoms with Crippen molar-refractivity contribution in [1.29, 1.82) is 0 Å². The van der Waals surface area contributed by atoms with Crippen LogP contribution >= 0.6 is 22.9 Å². The molecule has 0 N–H and O–H groups in total. The average molecular weight is 390 g/mol. The van der Waals surface area contributed by atoms with Crippen molar-refractivity contribution in [2.24, 2.45) is 7.05 Å². The van der Waals surface area contributed by atoms with Crippen LogP contribution in [0.2, 0.25) is 5.02 Å². The minimum atomic E-state index is 0.0391. The molecule has 0 saturated carbocycles. The summed E-state index contributed by atoms with van der Waals surface area (Å²) in [7, 11) is 1.82. The highest BCUT2D eigenvalue weighted by atomic mass is 35.5. The lowest BCUT2D eigenvalue weighted by atomic mass is 10.1. The molecule has 0 radical (unpaired) electrons. The first-order valence-corrected chi connectivity index (χ1v) is 9.73. The summed E-state index contributed by atoms with van der Waals surface area (Å²) in [5.41, 5.74) is 2.74. The summed E-state index contributed by atoms with van der Waals surface area (Å²) in [5.74, 6) is 0.0391. The molecule has 6 nitrogen and oxygen atoms in total. The topological polar surface area (TPSA) is 54.3 Å². The number of hydrogen-bond donors (Lipinski definition) is 0. The van der Waals surface area contributed by atoms with Gasteiger partial charge in [-0.3, -0.25) is 9.48 Å². The third kappa shape index (κ3) is 3.05. The Morgan fingerprint density at radius 3 is 2.85 bits per heavy atom. The van der Waals surface area contributed by atoms with Gasteiger partial charge in [0.15, 0.2) is 5.13 Å². The van der Waals surface area contributed by atoms with Crippen LogP contribution in [0.15, 0.2) is 24.5 Å². The molecule has 1 unspecified atom stereocenters. The fraction of sp³-hybridized carbons (Fsp3) is 0.389. The van der Waals surface area contributed by atoms with Crippen molar-refractivity contribution in [2.75, 3.05) is 24.5 Å². The maximum Gasteiger partial charge on any atom is 0.257 e. The molecule has 3 aromatic rings. The number of benzene rings is 1. The van der Waals surface area contributed by atoms with Crippen molar-refractivity contribution in [2.45, 2.75) is 19.9 Å². The Hall–Kier alpha value is -2.12. The van der Waals surface area contributed by atoms with E-state index in [4.69, 9.17) is 16.6 Å². The summed E-state index contributed by atoms with van der Waals surface area (Å²) in [4.78, 5) is 21.7. The highest BCUT2D eigenvalue weighted by Gasteiger charge is 2.30. The molecule has 8 heteroatoms. The molecule has 1 aliphatic heterocycles. The number of hydrogen-bond acceptors (Lipinski definition) is 5. The fourth-order valence-corrected chi connectivity index (χ4v) is 4.86. The van der Waals surface area contributed by atoms with E-state index in [1.807, 2.05) is 31.0 Å². The van der Waals surface area contributed by atoms with E-state index in [-0.39, 0.29) is 11.9 Å². The van der Waals surface area contributed by atoms with Crippen molar-refractivity contribution >= 4 is 44.2 Å². The van der Waals surface area contributed by atoms with Gasteiger partial charge in [-0.2, -0.15) is 5.10 Å². The number of aromatic nitrogens is 3. The molecule has 26 heavy (non-hydrogen) atoms. The van der Waals surface area contributed by atoms with Gasteiger partial charge >= 0.3 is 0 Å². The Morgan fingerprint density at radius 1 is 1.35 bits per heavy atom. The zero-order chi connectivity index (χ0) is 18.4. The lowest BCUT2D eigenvalue weighted by molar-refractivity contribution is 0.0674. The predicted octanol–water partition coefficient (Wildman–Crippen LogP) is 3.34. The molecule has 1 atom stereocenters. The van der Waals surface area contributed by atoms with Crippen LogP contribution in [0.4, 0.5) is 5.13 Å². The number of nitrogens with zero attached hydrogens (tertiary/aromatic N) is 5. The molecule has 2 aromatic heterocycles. The smallest absolute Gasteiger partial charge is 0.257 e. The zero-order valence-corrected chi connectivity index (χ0v) is 16.5. The first-order chi connectivity index (χ1) is 12.4. The number of anilines is 1. The summed E-state index contributed by atoms with van der Waals surface area (Å²) in [6, 6.07) is 4.02. The van der Waals surface area contributed by atoms with Crippen molar-refractivity contribution < 1.29 is 4.79 Å². The Balaban J connectivity index is 1.53. The molecule has 1 fully saturated rings. The Kier molecular flexibility index (Phi) is 4.36. The highest BCUT2D eigenvalue weighted by molar-refractivity contribution is 7.22. The van der Waals surface area contributed by atoms with E-state index in [1.54, 1.807) is 28.4 Å². The van der Waals surface area contributed by atoms with E-state index in [0.717, 1.165) is 39.0 Å². The molecule has 3 heterocycles. The summed E-state index contributed by atoms with van der Waals surface area (Å²) < 4.78 is 2.76. The molecule has 0 bridgehead atoms. The highest BCUT2D eigenvalue weighted by Crippen LogP contribution is 2.33. The molecule has 1 amide bonds. The number of aryl methyl sites for hydroxylation is 2. The SMILES string of the molecule is Cc1cc(Cl)cc2sc(N3CCN(C(=O)c4cnn(C)c4)C(C)C3)nc12. The second kappa shape index (κ2) is 6.55. The Morgan fingerprint density at radius 2 is 2.15 bits per heavy atom. The van der Waals surface area contributed by atoms with Gasteiger partial charge in [0, 0.05) is 43.9 Å². The van der Waals surface area contributed by atoms with Gasteiger partial charge in [-0.1, -0.05) is 22.9 Å². The zero-order valence-electron chi connectivity index (χ0n) is 14.9. The molecule has 0 spiro atoms. The molecule has 4 rings (SSSR count). The fourth-order valence-electron chi connectivity index (χ4n) is 3.41. The monoisotopic (exact) mass is 389 g/mol. The number of carbonyl (C=O) groups excluding carboxylic acids is 1. The third-order valence-corrected chi connectivity index (χ3v) is 6.03. The average Bonchev–Trinajstić information content (AvgIpc) is 3.20. The Labute approximate surface area is 161 Å². The van der Waals surface area contributed by atoms with Crippen molar-refractivity contribution in [1.82, 2.24) is 19.7 Å². The minimum Gasteiger partial charge on any atom is -0.344 e. The number of piperazine rings is 1. The third-order valence-electron chi connectivity index (χ3n) is 4.75. The first-order valence-electron chi connectivity index (χ1n) is 8.53. The predicted molar refractivity (Wildman–Crippen MR) is 105 cm³/mol. The van der Waals surface area contributed by atoms with Crippen LogP contribution in [-0.2, 0) is 7.05 Å². The van der Waals surface area contributed by atoms with Gasteiger partial charge in [0.25, 0.3) is 5.91 Å². The van der Waals surface area contributed by atoms with E-state index in [0.29, 0.717) is 12.1 Å². The largest absolute Gasteiger partial charge is 0.344 e. The van der Waals surface area contributed by atoms with Gasteiger partial charge in [-0.05, 0) is 31.5 Å². The quantitative estimate of drug-likeness (QED) is 0.674. The lowest BCUT2D eigenvalue weighted by Gasteiger charge is -2.39. The van der Waals surface area contributed by atoms with Crippen LogP contribution in [0, 0.1) is 6.92 Å². The Bertz CT molecular complexity index is 981. The number of thiazole rings is 1. The van der Waals surface area contributed by atoms with E-state index < -0.39 is 0 Å². The number of carbonyl (C=O) groups is 1. The number of halogens is 1. The molecule has 0 aliphatic carbocycles. The van der Waals surface area contributed by atoms with Crippen LogP contribution in [0.1, 0.15) is 22.8 Å². The maximum atomic E-state index is 12.7. The molecule has 1 saturated heterocycles. The normalized spacial score (nSPS) is 17.9. The van der Waals surface area contributed by atoms with Crippen LogP contribution in [-0.4, -0.2) is 51.2 Å². The van der Waals surface area contributed by atoms with Gasteiger partial charge in [0.1, 0.15) is 0 Å². The van der Waals surface area contributed by atoms with E-state index in [1.165, 1.54) is 0 Å². The lowest BCUT2D eigenvalue weighted by Crippen LogP contribution is -2.54. The maximum absolute atomic E-state index is 12.7. The first kappa shape index (κ1) is 17.3. The molecule has 1 aliphatic rings. The van der Waals surface area contributed by atoms with Crippen LogP contribution in [0.5, 0.6) is 0 Å². The molecular formula is C18H20ClN5OS. The summed E-state index contributed by atoms with van der Waals surface area (Å²) in [5, 5.41) is 5.83. The minimum absolute atomic E-state index is 0.0391. The van der Waals surface area contributed by atoms with E-state index in [2.05, 4.69) is 16.9 Å². The second-order valence-electron chi connectivity index (χ2n) is 6.76. The van der Waals surface area contributed by atoms with Crippen LogP contribution < -0.4 is 4.90 Å². The number of rotatable bonds is 2. The van der Waals surface area contributed by atoms with Gasteiger partial charge in [0.2, 0.25) is 0 Å². The summed E-state index contributed by atoms with van der Waals surface area (Å²) in [6.45, 7) is 6.31. The number of amides is 1. The van der Waals surface area contributed by atoms with Crippen LogP contribution in [0.25, 0.3) is 10.2 Å².